The number of aryl methyl sites for hydroxylation is 1. The largest absolute Gasteiger partial charge is 0.416 e. The minimum atomic E-state index is 0.439. The molecule has 0 saturated carbocycles. The summed E-state index contributed by atoms with van der Waals surface area (Å²) in [6, 6.07) is 1.78. The zero-order valence-electron chi connectivity index (χ0n) is 7.77. The summed E-state index contributed by atoms with van der Waals surface area (Å²) in [6.45, 7) is 1.73. The number of hydrogen-bond acceptors (Lipinski definition) is 6. The summed E-state index contributed by atoms with van der Waals surface area (Å²) < 4.78 is 6.05. The lowest BCUT2D eigenvalue weighted by molar-refractivity contribution is 0.429. The Labute approximate surface area is 98.6 Å². The van der Waals surface area contributed by atoms with Crippen LogP contribution >= 0.6 is 27.7 Å². The minimum absolute atomic E-state index is 0.439. The van der Waals surface area contributed by atoms with Crippen molar-refractivity contribution in [1.82, 2.24) is 15.2 Å². The average Bonchev–Trinajstić information content (AvgIpc) is 2.56. The Bertz CT molecular complexity index is 487. The topological polar surface area (TPSA) is 77.8 Å². The highest BCUT2D eigenvalue weighted by molar-refractivity contribution is 9.10. The molecule has 0 aliphatic rings. The van der Waals surface area contributed by atoms with Crippen molar-refractivity contribution in [2.75, 3.05) is 5.73 Å². The molecule has 78 valence electrons. The van der Waals surface area contributed by atoms with Gasteiger partial charge in [0.1, 0.15) is 5.03 Å². The summed E-state index contributed by atoms with van der Waals surface area (Å²) in [5.74, 6) is 0.521. The Morgan fingerprint density at radius 3 is 2.87 bits per heavy atom. The lowest BCUT2D eigenvalue weighted by atomic mass is 10.4. The molecule has 0 radical (unpaired) electrons. The van der Waals surface area contributed by atoms with E-state index in [9.17, 15) is 0 Å². The van der Waals surface area contributed by atoms with Crippen LogP contribution < -0.4 is 5.73 Å². The Morgan fingerprint density at radius 2 is 2.27 bits per heavy atom. The summed E-state index contributed by atoms with van der Waals surface area (Å²) in [5.41, 5.74) is 6.35. The third-order valence-corrected chi connectivity index (χ3v) is 2.84. The third-order valence-electron chi connectivity index (χ3n) is 1.54. The molecule has 5 nitrogen and oxygen atoms in total. The van der Waals surface area contributed by atoms with Crippen LogP contribution in [-0.4, -0.2) is 15.2 Å². The maximum absolute atomic E-state index is 5.77. The molecule has 0 atom stereocenters. The van der Waals surface area contributed by atoms with Crippen LogP contribution in [0.15, 0.2) is 31.4 Å². The maximum atomic E-state index is 5.77. The van der Waals surface area contributed by atoms with Crippen LogP contribution in [0.3, 0.4) is 0 Å². The summed E-state index contributed by atoms with van der Waals surface area (Å²) in [5, 5.41) is 8.65. The van der Waals surface area contributed by atoms with Crippen molar-refractivity contribution in [3.05, 3.63) is 22.6 Å². The van der Waals surface area contributed by atoms with Crippen LogP contribution in [0.1, 0.15) is 5.89 Å². The van der Waals surface area contributed by atoms with E-state index in [2.05, 4.69) is 31.1 Å². The molecule has 0 aromatic carbocycles. The smallest absolute Gasteiger partial charge is 0.283 e. The first-order valence-electron chi connectivity index (χ1n) is 4.04. The summed E-state index contributed by atoms with van der Waals surface area (Å²) >= 11 is 4.53. The van der Waals surface area contributed by atoms with Gasteiger partial charge in [0, 0.05) is 17.6 Å². The van der Waals surface area contributed by atoms with E-state index in [1.165, 1.54) is 11.8 Å². The van der Waals surface area contributed by atoms with Crippen LogP contribution in [0.25, 0.3) is 0 Å². The minimum Gasteiger partial charge on any atom is -0.416 e. The molecule has 0 spiro atoms. The second kappa shape index (κ2) is 4.19. The van der Waals surface area contributed by atoms with Crippen LogP contribution in [0.5, 0.6) is 0 Å². The van der Waals surface area contributed by atoms with Crippen molar-refractivity contribution in [1.29, 1.82) is 0 Å². The normalized spacial score (nSPS) is 10.5. The van der Waals surface area contributed by atoms with Gasteiger partial charge in [0.15, 0.2) is 0 Å². The number of halogens is 1. The molecule has 2 aromatic rings. The quantitative estimate of drug-likeness (QED) is 0.912. The second-order valence-corrected chi connectivity index (χ2v) is 4.59. The van der Waals surface area contributed by atoms with Crippen LogP contribution in [0.2, 0.25) is 0 Å². The Kier molecular flexibility index (Phi) is 2.92. The van der Waals surface area contributed by atoms with Crippen molar-refractivity contribution < 1.29 is 4.42 Å². The Balaban J connectivity index is 2.24. The van der Waals surface area contributed by atoms with Crippen molar-refractivity contribution in [3.8, 4) is 0 Å². The van der Waals surface area contributed by atoms with Gasteiger partial charge >= 0.3 is 0 Å². The molecule has 0 amide bonds. The summed E-state index contributed by atoms with van der Waals surface area (Å²) in [7, 11) is 0. The van der Waals surface area contributed by atoms with Gasteiger partial charge in [0.25, 0.3) is 5.22 Å². The van der Waals surface area contributed by atoms with Crippen molar-refractivity contribution in [3.63, 3.8) is 0 Å². The maximum Gasteiger partial charge on any atom is 0.283 e. The lowest BCUT2D eigenvalue weighted by Crippen LogP contribution is -1.91. The van der Waals surface area contributed by atoms with Crippen molar-refractivity contribution >= 4 is 33.4 Å². The predicted molar refractivity (Wildman–Crippen MR) is 59.5 cm³/mol. The number of pyridine rings is 1. The first-order valence-corrected chi connectivity index (χ1v) is 5.65. The third kappa shape index (κ3) is 2.48. The van der Waals surface area contributed by atoms with E-state index < -0.39 is 0 Å². The number of nitrogens with zero attached hydrogens (tertiary/aromatic N) is 3. The molecule has 2 N–H and O–H groups in total. The highest BCUT2D eigenvalue weighted by Gasteiger charge is 2.09. The SMILES string of the molecule is Cc1nnc(Sc2ncc(Br)cc2N)o1. The Hall–Kier alpha value is -1.08. The summed E-state index contributed by atoms with van der Waals surface area (Å²) in [6.07, 6.45) is 1.67. The predicted octanol–water partition coefficient (Wildman–Crippen LogP) is 2.27. The Morgan fingerprint density at radius 1 is 1.47 bits per heavy atom. The molecule has 0 unspecified atom stereocenters. The highest BCUT2D eigenvalue weighted by atomic mass is 79.9. The second-order valence-electron chi connectivity index (χ2n) is 2.74. The van der Waals surface area contributed by atoms with E-state index in [0.29, 0.717) is 21.8 Å². The zero-order valence-corrected chi connectivity index (χ0v) is 10.2. The van der Waals surface area contributed by atoms with Gasteiger partial charge in [-0.25, -0.2) is 4.98 Å². The van der Waals surface area contributed by atoms with Gasteiger partial charge in [-0.2, -0.15) is 0 Å². The van der Waals surface area contributed by atoms with Gasteiger partial charge < -0.3 is 10.2 Å². The molecule has 2 heterocycles. The van der Waals surface area contributed by atoms with Gasteiger partial charge in [-0.15, -0.1) is 10.2 Å². The van der Waals surface area contributed by atoms with Crippen molar-refractivity contribution in [2.45, 2.75) is 17.2 Å². The van der Waals surface area contributed by atoms with E-state index in [4.69, 9.17) is 10.2 Å². The van der Waals surface area contributed by atoms with Gasteiger partial charge in [0.2, 0.25) is 5.89 Å². The fourth-order valence-corrected chi connectivity index (χ4v) is 1.97. The first-order chi connectivity index (χ1) is 7.15. The van der Waals surface area contributed by atoms with Gasteiger partial charge in [-0.1, -0.05) is 0 Å². The molecule has 7 heteroatoms. The number of hydrogen-bond donors (Lipinski definition) is 1. The highest BCUT2D eigenvalue weighted by Crippen LogP contribution is 2.30. The average molecular weight is 287 g/mol. The molecule has 2 aromatic heterocycles. The first kappa shape index (κ1) is 10.4. The zero-order chi connectivity index (χ0) is 10.8. The summed E-state index contributed by atoms with van der Waals surface area (Å²) in [4.78, 5) is 4.15. The van der Waals surface area contributed by atoms with E-state index in [0.717, 1.165) is 4.47 Å². The molecule has 15 heavy (non-hydrogen) atoms. The van der Waals surface area contributed by atoms with Crippen LogP contribution in [-0.2, 0) is 0 Å². The number of nitrogens with two attached hydrogens (primary N) is 1. The lowest BCUT2D eigenvalue weighted by Gasteiger charge is -2.00. The van der Waals surface area contributed by atoms with Crippen LogP contribution in [0.4, 0.5) is 5.69 Å². The van der Waals surface area contributed by atoms with E-state index >= 15 is 0 Å². The van der Waals surface area contributed by atoms with Gasteiger partial charge in [-0.3, -0.25) is 0 Å². The standard InChI is InChI=1S/C8H7BrN4OS/c1-4-12-13-8(14-4)15-7-6(10)2-5(9)3-11-7/h2-3H,10H2,1H3. The fraction of sp³-hybridized carbons (Fsp3) is 0.125. The number of anilines is 1. The molecule has 2 rings (SSSR count). The fourth-order valence-electron chi connectivity index (χ4n) is 0.930. The van der Waals surface area contributed by atoms with Crippen molar-refractivity contribution in [2.24, 2.45) is 0 Å². The number of nitrogen functional groups attached to an aromatic ring is 1. The number of rotatable bonds is 2. The molecule has 0 bridgehead atoms. The van der Waals surface area contributed by atoms with E-state index in [1.54, 1.807) is 19.2 Å². The molecular weight excluding hydrogens is 280 g/mol. The molecule has 0 aliphatic carbocycles. The van der Waals surface area contributed by atoms with Gasteiger partial charge in [0.05, 0.1) is 5.69 Å². The molecule has 0 fully saturated rings. The van der Waals surface area contributed by atoms with E-state index in [1.807, 2.05) is 0 Å². The number of aromatic nitrogens is 3. The monoisotopic (exact) mass is 286 g/mol. The molecule has 0 aliphatic heterocycles. The van der Waals surface area contributed by atoms with E-state index in [-0.39, 0.29) is 0 Å². The van der Waals surface area contributed by atoms with Crippen LogP contribution in [0, 0.1) is 6.92 Å². The molecule has 0 saturated heterocycles. The molecular formula is C8H7BrN4OS. The van der Waals surface area contributed by atoms with Gasteiger partial charge in [-0.05, 0) is 33.8 Å².